The van der Waals surface area contributed by atoms with Gasteiger partial charge in [-0.15, -0.1) is 0 Å². The Labute approximate surface area is 101 Å². The molecule has 96 valence electrons. The van der Waals surface area contributed by atoms with Crippen molar-refractivity contribution < 1.29 is 28.2 Å². The average molecular weight is 258 g/mol. The lowest BCUT2D eigenvalue weighted by atomic mass is 10.1. The van der Waals surface area contributed by atoms with Crippen LogP contribution in [0.1, 0.15) is 27.9 Å². The van der Waals surface area contributed by atoms with Crippen LogP contribution in [0.5, 0.6) is 0 Å². The number of alkyl halides is 3. The van der Waals surface area contributed by atoms with Crippen LogP contribution in [0.25, 0.3) is 0 Å². The molecular formula is C12H9F3O3. The fourth-order valence-corrected chi connectivity index (χ4v) is 1.21. The van der Waals surface area contributed by atoms with Gasteiger partial charge in [0.1, 0.15) is 0 Å². The summed E-state index contributed by atoms with van der Waals surface area (Å²) in [5.74, 6) is 3.36. The lowest BCUT2D eigenvalue weighted by Gasteiger charge is -2.08. The molecule has 1 aromatic rings. The molecule has 0 fully saturated rings. The van der Waals surface area contributed by atoms with Crippen LogP contribution in [0.15, 0.2) is 18.2 Å². The molecule has 1 aromatic carbocycles. The van der Waals surface area contributed by atoms with Crippen LogP contribution in [0.3, 0.4) is 0 Å². The van der Waals surface area contributed by atoms with E-state index < -0.39 is 23.3 Å². The molecule has 2 N–H and O–H groups in total. The number of halogens is 3. The van der Waals surface area contributed by atoms with E-state index in [1.807, 2.05) is 0 Å². The van der Waals surface area contributed by atoms with Gasteiger partial charge in [0.2, 0.25) is 0 Å². The van der Waals surface area contributed by atoms with E-state index in [9.17, 15) is 18.0 Å². The molecule has 0 spiro atoms. The molecule has 1 rings (SSSR count). The molecule has 0 amide bonds. The van der Waals surface area contributed by atoms with Gasteiger partial charge in [-0.3, -0.25) is 0 Å². The van der Waals surface area contributed by atoms with Crippen LogP contribution in [-0.4, -0.2) is 22.8 Å². The first-order valence-corrected chi connectivity index (χ1v) is 4.90. The Balaban J connectivity index is 3.24. The second-order valence-corrected chi connectivity index (χ2v) is 3.38. The molecule has 18 heavy (non-hydrogen) atoms. The third-order valence-electron chi connectivity index (χ3n) is 1.98. The molecule has 0 saturated heterocycles. The molecule has 0 heterocycles. The summed E-state index contributed by atoms with van der Waals surface area (Å²) < 4.78 is 37.6. The highest BCUT2D eigenvalue weighted by Crippen LogP contribution is 2.30. The molecule has 0 aromatic heterocycles. The first-order valence-electron chi connectivity index (χ1n) is 4.90. The highest BCUT2D eigenvalue weighted by molar-refractivity contribution is 5.88. The summed E-state index contributed by atoms with van der Waals surface area (Å²) in [6.45, 7) is -0.211. The van der Waals surface area contributed by atoms with Crippen LogP contribution in [-0.2, 0) is 6.18 Å². The predicted octanol–water partition coefficient (Wildman–Crippen LogP) is 2.14. The van der Waals surface area contributed by atoms with Gasteiger partial charge in [0.25, 0.3) is 0 Å². The van der Waals surface area contributed by atoms with Crippen molar-refractivity contribution >= 4 is 5.97 Å². The molecule has 0 radical (unpaired) electrons. The van der Waals surface area contributed by atoms with E-state index in [4.69, 9.17) is 10.2 Å². The molecule has 0 unspecified atom stereocenters. The maximum absolute atomic E-state index is 12.5. The van der Waals surface area contributed by atoms with E-state index in [0.29, 0.717) is 6.07 Å². The minimum atomic E-state index is -4.63. The van der Waals surface area contributed by atoms with Crippen molar-refractivity contribution in [3.8, 4) is 11.8 Å². The van der Waals surface area contributed by atoms with Gasteiger partial charge in [0.15, 0.2) is 0 Å². The summed E-state index contributed by atoms with van der Waals surface area (Å²) in [6, 6.07) is 2.39. The number of carboxylic acids is 1. The Bertz CT molecular complexity index is 510. The summed E-state index contributed by atoms with van der Waals surface area (Å²) in [7, 11) is 0. The van der Waals surface area contributed by atoms with Crippen molar-refractivity contribution in [2.24, 2.45) is 0 Å². The van der Waals surface area contributed by atoms with Gasteiger partial charge in [0.05, 0.1) is 17.7 Å². The van der Waals surface area contributed by atoms with Crippen LogP contribution in [0.2, 0.25) is 0 Å². The van der Waals surface area contributed by atoms with Gasteiger partial charge in [-0.25, -0.2) is 4.79 Å². The lowest BCUT2D eigenvalue weighted by Crippen LogP contribution is -2.08. The third-order valence-corrected chi connectivity index (χ3v) is 1.98. The average Bonchev–Trinajstić information content (AvgIpc) is 2.28. The van der Waals surface area contributed by atoms with E-state index >= 15 is 0 Å². The minimum absolute atomic E-state index is 0.0457. The van der Waals surface area contributed by atoms with E-state index in [2.05, 4.69) is 11.8 Å². The number of aliphatic hydroxyl groups is 1. The van der Waals surface area contributed by atoms with Crippen molar-refractivity contribution in [2.45, 2.75) is 12.6 Å². The fourth-order valence-electron chi connectivity index (χ4n) is 1.21. The highest BCUT2D eigenvalue weighted by Gasteiger charge is 2.31. The second kappa shape index (κ2) is 5.56. The Morgan fingerprint density at radius 3 is 2.44 bits per heavy atom. The van der Waals surface area contributed by atoms with Gasteiger partial charge >= 0.3 is 12.1 Å². The number of aromatic carboxylic acids is 1. The van der Waals surface area contributed by atoms with E-state index in [0.717, 1.165) is 12.1 Å². The van der Waals surface area contributed by atoms with Gasteiger partial charge in [-0.2, -0.15) is 13.2 Å². The van der Waals surface area contributed by atoms with Crippen molar-refractivity contribution in [3.05, 3.63) is 34.9 Å². The van der Waals surface area contributed by atoms with Crippen LogP contribution in [0, 0.1) is 11.8 Å². The van der Waals surface area contributed by atoms with Gasteiger partial charge < -0.3 is 10.2 Å². The Morgan fingerprint density at radius 1 is 1.28 bits per heavy atom. The number of aliphatic hydroxyl groups excluding tert-OH is 1. The second-order valence-electron chi connectivity index (χ2n) is 3.38. The predicted molar refractivity (Wildman–Crippen MR) is 57.0 cm³/mol. The minimum Gasteiger partial charge on any atom is -0.478 e. The van der Waals surface area contributed by atoms with Crippen molar-refractivity contribution in [3.63, 3.8) is 0 Å². The van der Waals surface area contributed by atoms with Crippen LogP contribution < -0.4 is 0 Å². The largest absolute Gasteiger partial charge is 0.478 e. The SMILES string of the molecule is O=C(O)c1cc(C#CCCO)cc(C(F)(F)F)c1. The summed E-state index contributed by atoms with van der Waals surface area (Å²) in [6.07, 6.45) is -4.52. The first kappa shape index (κ1) is 14.1. The van der Waals surface area contributed by atoms with Gasteiger partial charge in [-0.05, 0) is 18.2 Å². The summed E-state index contributed by atoms with van der Waals surface area (Å²) >= 11 is 0. The van der Waals surface area contributed by atoms with E-state index in [1.54, 1.807) is 0 Å². The first-order chi connectivity index (χ1) is 8.34. The van der Waals surface area contributed by atoms with E-state index in [1.165, 1.54) is 0 Å². The fraction of sp³-hybridized carbons (Fsp3) is 0.250. The van der Waals surface area contributed by atoms with Gasteiger partial charge in [0, 0.05) is 12.0 Å². The molecule has 0 atom stereocenters. The monoisotopic (exact) mass is 258 g/mol. The standard InChI is InChI=1S/C12H9F3O3/c13-12(14,15)10-6-8(3-1-2-4-16)5-9(7-10)11(17)18/h5-7,16H,2,4H2,(H,17,18). The van der Waals surface area contributed by atoms with Crippen molar-refractivity contribution in [2.75, 3.05) is 6.61 Å². The molecule has 0 saturated carbocycles. The van der Waals surface area contributed by atoms with E-state index in [-0.39, 0.29) is 18.6 Å². The summed E-state index contributed by atoms with van der Waals surface area (Å²) in [5, 5.41) is 17.2. The Hall–Kier alpha value is -2.00. The zero-order chi connectivity index (χ0) is 13.8. The molecule has 3 nitrogen and oxygen atoms in total. The number of hydrogen-bond acceptors (Lipinski definition) is 2. The topological polar surface area (TPSA) is 57.5 Å². The Morgan fingerprint density at radius 2 is 1.94 bits per heavy atom. The maximum atomic E-state index is 12.5. The number of hydrogen-bond donors (Lipinski definition) is 2. The third kappa shape index (κ3) is 3.79. The van der Waals surface area contributed by atoms with Crippen molar-refractivity contribution in [1.82, 2.24) is 0 Å². The lowest BCUT2D eigenvalue weighted by molar-refractivity contribution is -0.137. The number of carboxylic acid groups (broad SMARTS) is 1. The number of carbonyl (C=O) groups is 1. The Kier molecular flexibility index (Phi) is 4.34. The molecule has 0 aliphatic heterocycles. The summed E-state index contributed by atoms with van der Waals surface area (Å²) in [5.41, 5.74) is -1.58. The number of rotatable bonds is 2. The molecule has 0 aliphatic carbocycles. The zero-order valence-corrected chi connectivity index (χ0v) is 9.08. The van der Waals surface area contributed by atoms with Gasteiger partial charge in [-0.1, -0.05) is 11.8 Å². The van der Waals surface area contributed by atoms with Crippen LogP contribution >= 0.6 is 0 Å². The van der Waals surface area contributed by atoms with Crippen molar-refractivity contribution in [1.29, 1.82) is 0 Å². The normalized spacial score (nSPS) is 10.7. The molecule has 6 heteroatoms. The molecule has 0 bridgehead atoms. The summed E-state index contributed by atoms with van der Waals surface area (Å²) in [4.78, 5) is 10.7. The van der Waals surface area contributed by atoms with Crippen LogP contribution in [0.4, 0.5) is 13.2 Å². The zero-order valence-electron chi connectivity index (χ0n) is 9.08. The number of benzene rings is 1. The maximum Gasteiger partial charge on any atom is 0.416 e. The molecule has 0 aliphatic rings. The quantitative estimate of drug-likeness (QED) is 0.799. The molecular weight excluding hydrogens is 249 g/mol. The smallest absolute Gasteiger partial charge is 0.416 e. The highest BCUT2D eigenvalue weighted by atomic mass is 19.4.